The second-order valence-corrected chi connectivity index (χ2v) is 2.81. The Labute approximate surface area is 77.4 Å². The van der Waals surface area contributed by atoms with E-state index in [2.05, 4.69) is 12.2 Å². The molecule has 69 valence electrons. The molecule has 13 heavy (non-hydrogen) atoms. The molecule has 0 fully saturated rings. The quantitative estimate of drug-likeness (QED) is 0.712. The molecule has 0 aliphatic heterocycles. The van der Waals surface area contributed by atoms with Crippen LogP contribution in [0.2, 0.25) is 0 Å². The van der Waals surface area contributed by atoms with Crippen molar-refractivity contribution < 1.29 is 9.90 Å². The Morgan fingerprint density at radius 1 is 1.62 bits per heavy atom. The summed E-state index contributed by atoms with van der Waals surface area (Å²) in [7, 11) is 0. The summed E-state index contributed by atoms with van der Waals surface area (Å²) in [5.41, 5.74) is 2.44. The molecule has 0 bridgehead atoms. The van der Waals surface area contributed by atoms with Gasteiger partial charge in [-0.25, -0.2) is 0 Å². The number of aliphatic hydroxyl groups is 1. The number of amides is 1. The van der Waals surface area contributed by atoms with Crippen molar-refractivity contribution in [2.45, 2.75) is 6.92 Å². The lowest BCUT2D eigenvalue weighted by molar-refractivity contribution is -0.118. The molecule has 1 aromatic rings. The van der Waals surface area contributed by atoms with Crippen LogP contribution in [0, 0.1) is 13.8 Å². The Balaban J connectivity index is 2.89. The number of hydrogen-bond acceptors (Lipinski definition) is 2. The highest BCUT2D eigenvalue weighted by atomic mass is 16.3. The fraction of sp³-hybridized carbons (Fsp3) is 0.200. The number of hydrogen-bond donors (Lipinski definition) is 2. The third-order valence-electron chi connectivity index (χ3n) is 1.83. The number of aryl methyl sites for hydroxylation is 1. The fourth-order valence-corrected chi connectivity index (χ4v) is 1.01. The molecule has 0 saturated heterocycles. The smallest absolute Gasteiger partial charge is 0.250 e. The number of benzene rings is 1. The standard InChI is InChI=1S/C10H12NO2/c1-7-4-3-5-9(8(7)2)11-10(13)6-12/h3-5,12H,2,6H2,1H3,(H,11,13). The predicted octanol–water partition coefficient (Wildman–Crippen LogP) is 1.11. The van der Waals surface area contributed by atoms with Gasteiger partial charge in [-0.15, -0.1) is 0 Å². The average molecular weight is 178 g/mol. The van der Waals surface area contributed by atoms with Gasteiger partial charge in [0.1, 0.15) is 6.61 Å². The van der Waals surface area contributed by atoms with Crippen molar-refractivity contribution in [1.82, 2.24) is 0 Å². The summed E-state index contributed by atoms with van der Waals surface area (Å²) in [5.74, 6) is -0.421. The number of carbonyl (C=O) groups excluding carboxylic acids is 1. The van der Waals surface area contributed by atoms with Gasteiger partial charge >= 0.3 is 0 Å². The highest BCUT2D eigenvalue weighted by molar-refractivity contribution is 5.92. The monoisotopic (exact) mass is 178 g/mol. The van der Waals surface area contributed by atoms with E-state index in [1.807, 2.05) is 19.1 Å². The van der Waals surface area contributed by atoms with E-state index in [-0.39, 0.29) is 0 Å². The van der Waals surface area contributed by atoms with Crippen molar-refractivity contribution in [2.24, 2.45) is 0 Å². The van der Waals surface area contributed by atoms with Crippen molar-refractivity contribution in [3.63, 3.8) is 0 Å². The minimum absolute atomic E-state index is 0.421. The van der Waals surface area contributed by atoms with Gasteiger partial charge in [-0.1, -0.05) is 12.1 Å². The molecule has 0 aromatic heterocycles. The van der Waals surface area contributed by atoms with Crippen LogP contribution in [0.5, 0.6) is 0 Å². The van der Waals surface area contributed by atoms with E-state index in [0.29, 0.717) is 5.69 Å². The first kappa shape index (κ1) is 9.74. The van der Waals surface area contributed by atoms with E-state index in [4.69, 9.17) is 5.11 Å². The number of anilines is 1. The summed E-state index contributed by atoms with van der Waals surface area (Å²) >= 11 is 0. The first-order valence-corrected chi connectivity index (χ1v) is 3.97. The van der Waals surface area contributed by atoms with E-state index < -0.39 is 12.5 Å². The number of carbonyl (C=O) groups is 1. The molecule has 3 heteroatoms. The third-order valence-corrected chi connectivity index (χ3v) is 1.83. The van der Waals surface area contributed by atoms with Crippen molar-refractivity contribution in [1.29, 1.82) is 0 Å². The highest BCUT2D eigenvalue weighted by Crippen LogP contribution is 2.17. The van der Waals surface area contributed by atoms with Crippen LogP contribution in [-0.4, -0.2) is 17.6 Å². The lowest BCUT2D eigenvalue weighted by Crippen LogP contribution is -2.16. The van der Waals surface area contributed by atoms with Gasteiger partial charge in [-0.2, -0.15) is 0 Å². The molecule has 0 heterocycles. The van der Waals surface area contributed by atoms with Crippen molar-refractivity contribution in [3.05, 3.63) is 36.2 Å². The second kappa shape index (κ2) is 4.05. The molecule has 1 radical (unpaired) electrons. The molecule has 0 aliphatic rings. The number of nitrogens with one attached hydrogen (secondary N) is 1. The van der Waals surface area contributed by atoms with Gasteiger partial charge in [0.15, 0.2) is 0 Å². The molecule has 0 unspecified atom stereocenters. The lowest BCUT2D eigenvalue weighted by Gasteiger charge is -2.08. The van der Waals surface area contributed by atoms with E-state index >= 15 is 0 Å². The van der Waals surface area contributed by atoms with Crippen molar-refractivity contribution in [3.8, 4) is 0 Å². The zero-order valence-electron chi connectivity index (χ0n) is 7.50. The Kier molecular flexibility index (Phi) is 3.03. The Bertz CT molecular complexity index is 321. The van der Waals surface area contributed by atoms with Gasteiger partial charge in [-0.3, -0.25) is 4.79 Å². The molecule has 3 nitrogen and oxygen atoms in total. The normalized spacial score (nSPS) is 9.77. The van der Waals surface area contributed by atoms with Gasteiger partial charge in [0.05, 0.1) is 0 Å². The van der Waals surface area contributed by atoms with Crippen LogP contribution in [0.25, 0.3) is 0 Å². The maximum Gasteiger partial charge on any atom is 0.250 e. The van der Waals surface area contributed by atoms with E-state index in [1.54, 1.807) is 6.07 Å². The van der Waals surface area contributed by atoms with E-state index in [0.717, 1.165) is 11.1 Å². The van der Waals surface area contributed by atoms with Crippen LogP contribution in [-0.2, 0) is 4.79 Å². The van der Waals surface area contributed by atoms with Crippen LogP contribution >= 0.6 is 0 Å². The first-order chi connectivity index (χ1) is 6.15. The molecule has 0 saturated carbocycles. The Hall–Kier alpha value is -1.35. The fourth-order valence-electron chi connectivity index (χ4n) is 1.01. The topological polar surface area (TPSA) is 49.3 Å². The van der Waals surface area contributed by atoms with Gasteiger partial charge in [0.2, 0.25) is 5.91 Å². The van der Waals surface area contributed by atoms with E-state index in [9.17, 15) is 4.79 Å². The summed E-state index contributed by atoms with van der Waals surface area (Å²) in [6.07, 6.45) is 0. The number of aliphatic hydroxyl groups excluding tert-OH is 1. The molecule has 1 aromatic carbocycles. The zero-order chi connectivity index (χ0) is 9.84. The molecular weight excluding hydrogens is 166 g/mol. The average Bonchev–Trinajstić information content (AvgIpc) is 2.13. The largest absolute Gasteiger partial charge is 0.387 e. The highest BCUT2D eigenvalue weighted by Gasteiger charge is 2.03. The van der Waals surface area contributed by atoms with E-state index in [1.165, 1.54) is 0 Å². The van der Waals surface area contributed by atoms with Crippen LogP contribution in [0.4, 0.5) is 5.69 Å². The maximum atomic E-state index is 10.9. The van der Waals surface area contributed by atoms with Crippen molar-refractivity contribution in [2.75, 3.05) is 11.9 Å². The summed E-state index contributed by atoms with van der Waals surface area (Å²) in [6, 6.07) is 5.50. The molecule has 2 N–H and O–H groups in total. The van der Waals surface area contributed by atoms with Crippen LogP contribution in [0.3, 0.4) is 0 Å². The third kappa shape index (κ3) is 2.29. The van der Waals surface area contributed by atoms with Gasteiger partial charge in [0.25, 0.3) is 0 Å². The van der Waals surface area contributed by atoms with Gasteiger partial charge < -0.3 is 10.4 Å². The lowest BCUT2D eigenvalue weighted by atomic mass is 10.1. The van der Waals surface area contributed by atoms with Crippen LogP contribution < -0.4 is 5.32 Å². The summed E-state index contributed by atoms with van der Waals surface area (Å²) in [5, 5.41) is 11.1. The molecule has 0 spiro atoms. The molecule has 0 atom stereocenters. The maximum absolute atomic E-state index is 10.9. The molecule has 0 aliphatic carbocycles. The zero-order valence-corrected chi connectivity index (χ0v) is 7.50. The van der Waals surface area contributed by atoms with Crippen LogP contribution in [0.15, 0.2) is 18.2 Å². The van der Waals surface area contributed by atoms with Gasteiger partial charge in [0, 0.05) is 5.69 Å². The SMILES string of the molecule is [CH2]c1c(C)cccc1NC(=O)CO. The number of rotatable bonds is 2. The minimum Gasteiger partial charge on any atom is -0.387 e. The van der Waals surface area contributed by atoms with Crippen LogP contribution in [0.1, 0.15) is 11.1 Å². The molecule has 1 rings (SSSR count). The molecular formula is C10H12NO2. The molecule has 1 amide bonds. The summed E-state index contributed by atoms with van der Waals surface area (Å²) in [4.78, 5) is 10.9. The summed E-state index contributed by atoms with van der Waals surface area (Å²) in [6.45, 7) is 5.22. The second-order valence-electron chi connectivity index (χ2n) is 2.81. The predicted molar refractivity (Wildman–Crippen MR) is 51.4 cm³/mol. The summed E-state index contributed by atoms with van der Waals surface area (Å²) < 4.78 is 0. The van der Waals surface area contributed by atoms with Gasteiger partial charge in [-0.05, 0) is 31.0 Å². The minimum atomic E-state index is -0.507. The van der Waals surface area contributed by atoms with Crippen molar-refractivity contribution >= 4 is 11.6 Å². The Morgan fingerprint density at radius 3 is 2.92 bits per heavy atom. The Morgan fingerprint density at radius 2 is 2.31 bits per heavy atom. The first-order valence-electron chi connectivity index (χ1n) is 3.97.